The molecule has 1 aromatic carbocycles. The maximum Gasteiger partial charge on any atom is 0.233 e. The van der Waals surface area contributed by atoms with Gasteiger partial charge in [-0.15, -0.1) is 5.10 Å². The molecule has 2 heterocycles. The second kappa shape index (κ2) is 7.84. The van der Waals surface area contributed by atoms with Gasteiger partial charge in [0.2, 0.25) is 5.91 Å². The average molecular weight is 386 g/mol. The van der Waals surface area contributed by atoms with E-state index in [1.807, 2.05) is 18.2 Å². The van der Waals surface area contributed by atoms with Gasteiger partial charge in [-0.2, -0.15) is 4.68 Å². The minimum absolute atomic E-state index is 0.0221. The zero-order chi connectivity index (χ0) is 19.6. The van der Waals surface area contributed by atoms with E-state index < -0.39 is 5.41 Å². The zero-order valence-electron chi connectivity index (χ0n) is 16.3. The van der Waals surface area contributed by atoms with Crippen molar-refractivity contribution in [3.8, 4) is 11.4 Å². The summed E-state index contributed by atoms with van der Waals surface area (Å²) in [6.07, 6.45) is 3.67. The molecule has 28 heavy (non-hydrogen) atoms. The van der Waals surface area contributed by atoms with Gasteiger partial charge in [-0.3, -0.25) is 4.79 Å². The number of nitrogens with zero attached hydrogens (tertiary/aromatic N) is 4. The highest BCUT2D eigenvalue weighted by Gasteiger charge is 2.39. The topological polar surface area (TPSA) is 103 Å². The van der Waals surface area contributed by atoms with Crippen LogP contribution in [0.15, 0.2) is 18.2 Å². The van der Waals surface area contributed by atoms with Gasteiger partial charge in [-0.05, 0) is 67.4 Å². The van der Waals surface area contributed by atoms with Crippen molar-refractivity contribution < 1.29 is 14.3 Å². The van der Waals surface area contributed by atoms with Crippen molar-refractivity contribution in [1.29, 1.82) is 0 Å². The van der Waals surface area contributed by atoms with Crippen molar-refractivity contribution in [2.45, 2.75) is 31.6 Å². The molecule has 1 aliphatic carbocycles. The van der Waals surface area contributed by atoms with Gasteiger partial charge in [0.05, 0.1) is 19.1 Å². The molecule has 1 aliphatic heterocycles. The van der Waals surface area contributed by atoms with E-state index in [1.165, 1.54) is 0 Å². The van der Waals surface area contributed by atoms with Gasteiger partial charge >= 0.3 is 0 Å². The molecule has 0 unspecified atom stereocenters. The lowest BCUT2D eigenvalue weighted by molar-refractivity contribution is -0.130. The highest BCUT2D eigenvalue weighted by atomic mass is 16.5. The molecule has 1 aromatic heterocycles. The molecular formula is C19H26N6O3. The number of tetrazole rings is 1. The minimum atomic E-state index is -0.520. The summed E-state index contributed by atoms with van der Waals surface area (Å²) < 4.78 is 12.6. The molecule has 0 spiro atoms. The predicted octanol–water partition coefficient (Wildman–Crippen LogP) is 1.50. The fraction of sp³-hybridized carbons (Fsp3) is 0.579. The Labute approximate surface area is 163 Å². The van der Waals surface area contributed by atoms with Gasteiger partial charge in [-0.1, -0.05) is 0 Å². The maximum atomic E-state index is 13.1. The molecule has 2 fully saturated rings. The van der Waals surface area contributed by atoms with Crippen LogP contribution < -0.4 is 15.4 Å². The fourth-order valence-corrected chi connectivity index (χ4v) is 3.78. The van der Waals surface area contributed by atoms with E-state index in [1.54, 1.807) is 18.9 Å². The normalized spacial score (nSPS) is 18.6. The van der Waals surface area contributed by atoms with Crippen LogP contribution >= 0.6 is 0 Å². The van der Waals surface area contributed by atoms with Crippen LogP contribution in [0, 0.1) is 5.41 Å². The van der Waals surface area contributed by atoms with Crippen LogP contribution in [-0.4, -0.2) is 60.0 Å². The third-order valence-electron chi connectivity index (χ3n) is 5.56. The Balaban J connectivity index is 1.61. The van der Waals surface area contributed by atoms with Crippen LogP contribution in [0.5, 0.6) is 5.75 Å². The van der Waals surface area contributed by atoms with Crippen molar-refractivity contribution >= 4 is 11.6 Å². The Hall–Kier alpha value is -2.52. The molecule has 0 atom stereocenters. The van der Waals surface area contributed by atoms with E-state index in [0.717, 1.165) is 50.3 Å². The first kappa shape index (κ1) is 18.8. The Morgan fingerprint density at radius 1 is 1.32 bits per heavy atom. The molecule has 1 saturated heterocycles. The van der Waals surface area contributed by atoms with Crippen LogP contribution in [0.4, 0.5) is 5.69 Å². The van der Waals surface area contributed by atoms with Gasteiger partial charge in [-0.25, -0.2) is 0 Å². The lowest BCUT2D eigenvalue weighted by atomic mass is 9.78. The molecule has 1 saturated carbocycles. The van der Waals surface area contributed by atoms with Crippen LogP contribution in [0.1, 0.15) is 37.4 Å². The van der Waals surface area contributed by atoms with Crippen molar-refractivity contribution in [3.05, 3.63) is 24.0 Å². The third-order valence-corrected chi connectivity index (χ3v) is 5.56. The van der Waals surface area contributed by atoms with E-state index in [-0.39, 0.29) is 5.91 Å². The van der Waals surface area contributed by atoms with E-state index in [9.17, 15) is 4.79 Å². The lowest BCUT2D eigenvalue weighted by Crippen LogP contribution is -2.47. The number of piperidine rings is 1. The minimum Gasteiger partial charge on any atom is -0.494 e. The van der Waals surface area contributed by atoms with E-state index >= 15 is 0 Å². The molecule has 150 valence electrons. The number of nitrogens with one attached hydrogen (secondary N) is 2. The van der Waals surface area contributed by atoms with E-state index in [0.29, 0.717) is 24.0 Å². The van der Waals surface area contributed by atoms with Gasteiger partial charge in [0.25, 0.3) is 0 Å². The molecule has 2 N–H and O–H groups in total. The molecule has 2 aromatic rings. The molecule has 4 rings (SSSR count). The highest BCUT2D eigenvalue weighted by molar-refractivity contribution is 5.96. The number of carbonyl (C=O) groups excluding carboxylic acids is 1. The summed E-state index contributed by atoms with van der Waals surface area (Å²) in [7, 11) is 3.25. The number of carbonyl (C=O) groups is 1. The molecule has 2 aliphatic rings. The number of hydrogen-bond acceptors (Lipinski definition) is 7. The van der Waals surface area contributed by atoms with Crippen LogP contribution in [-0.2, 0) is 9.53 Å². The smallest absolute Gasteiger partial charge is 0.233 e. The highest BCUT2D eigenvalue weighted by Crippen LogP contribution is 2.40. The molecule has 0 bridgehead atoms. The second-order valence-corrected chi connectivity index (χ2v) is 7.53. The van der Waals surface area contributed by atoms with Crippen molar-refractivity contribution in [3.63, 3.8) is 0 Å². The molecular weight excluding hydrogens is 360 g/mol. The first-order valence-corrected chi connectivity index (χ1v) is 9.65. The van der Waals surface area contributed by atoms with Crippen molar-refractivity contribution in [1.82, 2.24) is 25.5 Å². The summed E-state index contributed by atoms with van der Waals surface area (Å²) in [6.45, 7) is 2.02. The summed E-state index contributed by atoms with van der Waals surface area (Å²) in [5.74, 6) is 1.85. The van der Waals surface area contributed by atoms with Crippen LogP contribution in [0.2, 0.25) is 0 Å². The van der Waals surface area contributed by atoms with Gasteiger partial charge < -0.3 is 20.1 Å². The fourth-order valence-electron chi connectivity index (χ4n) is 3.78. The number of ether oxygens (including phenoxy) is 2. The summed E-state index contributed by atoms with van der Waals surface area (Å²) in [5, 5.41) is 18.5. The van der Waals surface area contributed by atoms with E-state index in [2.05, 4.69) is 26.2 Å². The largest absolute Gasteiger partial charge is 0.494 e. The summed E-state index contributed by atoms with van der Waals surface area (Å²) >= 11 is 0. The van der Waals surface area contributed by atoms with Gasteiger partial charge in [0, 0.05) is 18.7 Å². The zero-order valence-corrected chi connectivity index (χ0v) is 16.3. The van der Waals surface area contributed by atoms with E-state index in [4.69, 9.17) is 9.47 Å². The number of aromatic nitrogens is 4. The maximum absolute atomic E-state index is 13.1. The number of rotatable bonds is 7. The Morgan fingerprint density at radius 2 is 2.11 bits per heavy atom. The van der Waals surface area contributed by atoms with Crippen molar-refractivity contribution in [2.75, 3.05) is 39.2 Å². The molecule has 9 heteroatoms. The molecule has 0 radical (unpaired) electrons. The molecule has 1 amide bonds. The average Bonchev–Trinajstić information content (AvgIpc) is 3.45. The van der Waals surface area contributed by atoms with Crippen molar-refractivity contribution in [2.24, 2.45) is 5.41 Å². The van der Waals surface area contributed by atoms with Crippen LogP contribution in [0.25, 0.3) is 5.69 Å². The first-order valence-electron chi connectivity index (χ1n) is 9.65. The third kappa shape index (κ3) is 3.59. The lowest BCUT2D eigenvalue weighted by Gasteiger charge is -2.35. The summed E-state index contributed by atoms with van der Waals surface area (Å²) in [4.78, 5) is 13.1. The Kier molecular flexibility index (Phi) is 5.27. The number of amides is 1. The quantitative estimate of drug-likeness (QED) is 0.743. The monoisotopic (exact) mass is 386 g/mol. The SMILES string of the molecule is COCC1(C(=O)Nc2ccc(OC)c(-n3nnnc3C3CC3)c2)CCNCC1. The number of benzene rings is 1. The number of hydrogen-bond donors (Lipinski definition) is 2. The molecule has 9 nitrogen and oxygen atoms in total. The Bertz CT molecular complexity index is 836. The van der Waals surface area contributed by atoms with Gasteiger partial charge in [0.15, 0.2) is 5.82 Å². The summed E-state index contributed by atoms with van der Waals surface area (Å²) in [5.41, 5.74) is 0.888. The first-order chi connectivity index (χ1) is 13.7. The standard InChI is InChI=1S/C19H26N6O3/c1-27-12-19(7-9-20-10-8-19)18(26)21-14-5-6-16(28-2)15(11-14)25-17(13-3-4-13)22-23-24-25/h5-6,11,13,20H,3-4,7-10,12H2,1-2H3,(H,21,26). The summed E-state index contributed by atoms with van der Waals surface area (Å²) in [6, 6.07) is 5.53. The Morgan fingerprint density at radius 3 is 2.79 bits per heavy atom. The van der Waals surface area contributed by atoms with Gasteiger partial charge in [0.1, 0.15) is 11.4 Å². The second-order valence-electron chi connectivity index (χ2n) is 7.53. The van der Waals surface area contributed by atoms with Crippen LogP contribution in [0.3, 0.4) is 0 Å². The number of anilines is 1. The predicted molar refractivity (Wildman–Crippen MR) is 103 cm³/mol. The number of methoxy groups -OCH3 is 2.